The highest BCUT2D eigenvalue weighted by atomic mass is 32.2. The van der Waals surface area contributed by atoms with Crippen molar-refractivity contribution < 1.29 is 17.9 Å². The summed E-state index contributed by atoms with van der Waals surface area (Å²) < 4.78 is 32.8. The van der Waals surface area contributed by atoms with E-state index in [1.54, 1.807) is 28.6 Å². The molecule has 1 heterocycles. The van der Waals surface area contributed by atoms with E-state index in [1.807, 2.05) is 13.8 Å². The second-order valence-corrected chi connectivity index (χ2v) is 10.9. The van der Waals surface area contributed by atoms with E-state index in [0.29, 0.717) is 24.8 Å². The predicted molar refractivity (Wildman–Crippen MR) is 126 cm³/mol. The number of piperidine rings is 1. The highest BCUT2D eigenvalue weighted by Gasteiger charge is 2.28. The zero-order chi connectivity index (χ0) is 23.5. The van der Waals surface area contributed by atoms with Gasteiger partial charge in [0.25, 0.3) is 5.91 Å². The molecule has 174 valence electrons. The normalized spacial score (nSPS) is 16.5. The van der Waals surface area contributed by atoms with Gasteiger partial charge in [-0.25, -0.2) is 8.42 Å². The number of nitrogens with one attached hydrogen (secondary N) is 1. The number of amides is 1. The van der Waals surface area contributed by atoms with Crippen molar-refractivity contribution in [2.24, 2.45) is 5.92 Å². The summed E-state index contributed by atoms with van der Waals surface area (Å²) in [6, 6.07) is 10.4. The van der Waals surface area contributed by atoms with Crippen molar-refractivity contribution in [2.75, 3.05) is 19.7 Å². The molecule has 0 radical (unpaired) electrons. The SMILES string of the molecule is Cc1cc(C)c([C@@H](C)NC(=O)COc2ccc(S(=O)(=O)N3CCC(C)CC3)cc2)cc1C. The van der Waals surface area contributed by atoms with E-state index >= 15 is 0 Å². The number of carbonyl (C=O) groups is 1. The third-order valence-corrected chi connectivity index (χ3v) is 8.21. The number of hydrogen-bond donors (Lipinski definition) is 1. The molecular weight excluding hydrogens is 424 g/mol. The van der Waals surface area contributed by atoms with Crippen molar-refractivity contribution in [1.29, 1.82) is 0 Å². The van der Waals surface area contributed by atoms with E-state index in [0.717, 1.165) is 24.0 Å². The van der Waals surface area contributed by atoms with E-state index in [1.165, 1.54) is 11.1 Å². The fourth-order valence-electron chi connectivity index (χ4n) is 4.04. The highest BCUT2D eigenvalue weighted by molar-refractivity contribution is 7.89. The minimum Gasteiger partial charge on any atom is -0.484 e. The summed E-state index contributed by atoms with van der Waals surface area (Å²) >= 11 is 0. The van der Waals surface area contributed by atoms with Gasteiger partial charge in [0.15, 0.2) is 6.61 Å². The summed E-state index contributed by atoms with van der Waals surface area (Å²) in [5, 5.41) is 2.97. The van der Waals surface area contributed by atoms with Crippen LogP contribution in [0.3, 0.4) is 0 Å². The van der Waals surface area contributed by atoms with Crippen LogP contribution in [0.1, 0.15) is 55.0 Å². The first-order valence-electron chi connectivity index (χ1n) is 11.2. The number of nitrogens with zero attached hydrogens (tertiary/aromatic N) is 1. The molecule has 32 heavy (non-hydrogen) atoms. The van der Waals surface area contributed by atoms with Gasteiger partial charge in [-0.1, -0.05) is 19.1 Å². The van der Waals surface area contributed by atoms with Crippen LogP contribution >= 0.6 is 0 Å². The topological polar surface area (TPSA) is 75.7 Å². The van der Waals surface area contributed by atoms with Crippen LogP contribution in [0.15, 0.2) is 41.3 Å². The van der Waals surface area contributed by atoms with Crippen molar-refractivity contribution in [3.8, 4) is 5.75 Å². The Labute approximate surface area is 192 Å². The maximum absolute atomic E-state index is 12.8. The summed E-state index contributed by atoms with van der Waals surface area (Å²) in [5.74, 6) is 0.792. The van der Waals surface area contributed by atoms with Gasteiger partial charge in [-0.05, 0) is 93.0 Å². The Balaban J connectivity index is 1.56. The third-order valence-electron chi connectivity index (χ3n) is 6.30. The van der Waals surface area contributed by atoms with Gasteiger partial charge < -0.3 is 10.1 Å². The van der Waals surface area contributed by atoms with E-state index in [4.69, 9.17) is 4.74 Å². The Morgan fingerprint density at radius 3 is 2.28 bits per heavy atom. The number of rotatable bonds is 7. The van der Waals surface area contributed by atoms with Gasteiger partial charge in [0, 0.05) is 13.1 Å². The average molecular weight is 459 g/mol. The van der Waals surface area contributed by atoms with E-state index < -0.39 is 10.0 Å². The van der Waals surface area contributed by atoms with E-state index in [9.17, 15) is 13.2 Å². The van der Waals surface area contributed by atoms with Gasteiger partial charge in [0.2, 0.25) is 10.0 Å². The first-order valence-corrected chi connectivity index (χ1v) is 12.6. The van der Waals surface area contributed by atoms with Crippen LogP contribution in [0.25, 0.3) is 0 Å². The average Bonchev–Trinajstić information content (AvgIpc) is 2.75. The summed E-state index contributed by atoms with van der Waals surface area (Å²) in [5.41, 5.74) is 4.65. The van der Waals surface area contributed by atoms with Gasteiger partial charge in [0.05, 0.1) is 10.9 Å². The van der Waals surface area contributed by atoms with Gasteiger partial charge in [-0.3, -0.25) is 4.79 Å². The first-order chi connectivity index (χ1) is 15.1. The van der Waals surface area contributed by atoms with Gasteiger partial charge in [-0.2, -0.15) is 4.31 Å². The lowest BCUT2D eigenvalue weighted by Crippen LogP contribution is -2.37. The van der Waals surface area contributed by atoms with Crippen LogP contribution in [0.2, 0.25) is 0 Å². The van der Waals surface area contributed by atoms with Gasteiger partial charge in [-0.15, -0.1) is 0 Å². The molecule has 0 unspecified atom stereocenters. The standard InChI is InChI=1S/C25H34N2O4S/c1-17-10-12-27(13-11-17)32(29,30)23-8-6-22(7-9-23)31-16-25(28)26-21(5)24-15-19(3)18(2)14-20(24)4/h6-9,14-15,17,21H,10-13,16H2,1-5H3,(H,26,28)/t21-/m1/s1. The molecule has 0 aliphatic carbocycles. The molecule has 3 rings (SSSR count). The monoisotopic (exact) mass is 458 g/mol. The van der Waals surface area contributed by atoms with Crippen LogP contribution in [-0.4, -0.2) is 38.3 Å². The molecule has 1 atom stereocenters. The van der Waals surface area contributed by atoms with Crippen molar-refractivity contribution in [3.05, 3.63) is 58.7 Å². The second kappa shape index (κ2) is 10.0. The first kappa shape index (κ1) is 24.3. The molecule has 0 spiro atoms. The van der Waals surface area contributed by atoms with Crippen molar-refractivity contribution in [2.45, 2.75) is 58.4 Å². The predicted octanol–water partition coefficient (Wildman–Crippen LogP) is 4.29. The largest absolute Gasteiger partial charge is 0.484 e. The quantitative estimate of drug-likeness (QED) is 0.672. The Morgan fingerprint density at radius 1 is 1.06 bits per heavy atom. The van der Waals surface area contributed by atoms with Crippen LogP contribution in [0, 0.1) is 26.7 Å². The van der Waals surface area contributed by atoms with Crippen LogP contribution in [0.4, 0.5) is 0 Å². The lowest BCUT2D eigenvalue weighted by Gasteiger charge is -2.29. The molecule has 1 aliphatic rings. The van der Waals surface area contributed by atoms with Gasteiger partial charge in [0.1, 0.15) is 5.75 Å². The lowest BCUT2D eigenvalue weighted by atomic mass is 9.96. The molecule has 1 saturated heterocycles. The molecule has 2 aromatic rings. The van der Waals surface area contributed by atoms with Crippen LogP contribution in [-0.2, 0) is 14.8 Å². The zero-order valence-corrected chi connectivity index (χ0v) is 20.5. The Hall–Kier alpha value is -2.38. The maximum atomic E-state index is 12.8. The Morgan fingerprint density at radius 2 is 1.66 bits per heavy atom. The number of sulfonamides is 1. The lowest BCUT2D eigenvalue weighted by molar-refractivity contribution is -0.123. The zero-order valence-electron chi connectivity index (χ0n) is 19.6. The van der Waals surface area contributed by atoms with Crippen molar-refractivity contribution >= 4 is 15.9 Å². The second-order valence-electron chi connectivity index (χ2n) is 8.93. The molecule has 0 aromatic heterocycles. The van der Waals surface area contributed by atoms with Crippen molar-refractivity contribution in [3.63, 3.8) is 0 Å². The molecule has 1 fully saturated rings. The van der Waals surface area contributed by atoms with Crippen LogP contribution in [0.5, 0.6) is 5.75 Å². The number of aryl methyl sites for hydroxylation is 3. The number of benzene rings is 2. The Bertz CT molecular complexity index is 1060. The minimum absolute atomic E-state index is 0.134. The third kappa shape index (κ3) is 5.70. The molecule has 1 amide bonds. The summed E-state index contributed by atoms with van der Waals surface area (Å²) in [6.45, 7) is 11.3. The number of carbonyl (C=O) groups excluding carboxylic acids is 1. The molecule has 1 aliphatic heterocycles. The van der Waals surface area contributed by atoms with Gasteiger partial charge >= 0.3 is 0 Å². The summed E-state index contributed by atoms with van der Waals surface area (Å²) in [4.78, 5) is 12.6. The molecule has 2 aromatic carbocycles. The molecule has 0 bridgehead atoms. The maximum Gasteiger partial charge on any atom is 0.258 e. The van der Waals surface area contributed by atoms with Crippen LogP contribution < -0.4 is 10.1 Å². The number of ether oxygens (including phenoxy) is 1. The molecule has 7 heteroatoms. The number of hydrogen-bond acceptors (Lipinski definition) is 4. The fourth-order valence-corrected chi connectivity index (χ4v) is 5.51. The van der Waals surface area contributed by atoms with E-state index in [-0.39, 0.29) is 23.5 Å². The highest BCUT2D eigenvalue weighted by Crippen LogP contribution is 2.25. The van der Waals surface area contributed by atoms with Crippen molar-refractivity contribution in [1.82, 2.24) is 9.62 Å². The Kier molecular flexibility index (Phi) is 7.62. The molecule has 0 saturated carbocycles. The smallest absolute Gasteiger partial charge is 0.258 e. The molecular formula is C25H34N2O4S. The molecule has 6 nitrogen and oxygen atoms in total. The summed E-state index contributed by atoms with van der Waals surface area (Å²) in [7, 11) is -3.49. The fraction of sp³-hybridized carbons (Fsp3) is 0.480. The van der Waals surface area contributed by atoms with E-state index in [2.05, 4.69) is 38.2 Å². The minimum atomic E-state index is -3.49. The molecule has 1 N–H and O–H groups in total. The summed E-state index contributed by atoms with van der Waals surface area (Å²) in [6.07, 6.45) is 1.77.